The van der Waals surface area contributed by atoms with Crippen molar-refractivity contribution in [1.29, 1.82) is 0 Å². The minimum absolute atomic E-state index is 0.0870. The van der Waals surface area contributed by atoms with Gasteiger partial charge in [-0.2, -0.15) is 5.11 Å². The molecule has 5 nitrogen and oxygen atoms in total. The van der Waals surface area contributed by atoms with Crippen molar-refractivity contribution >= 4 is 17.3 Å². The third-order valence-electron chi connectivity index (χ3n) is 3.55. The molecule has 2 N–H and O–H groups in total. The highest BCUT2D eigenvalue weighted by atomic mass is 35.5. The van der Waals surface area contributed by atoms with E-state index in [0.717, 1.165) is 5.57 Å². The van der Waals surface area contributed by atoms with Gasteiger partial charge in [0.2, 0.25) is 0 Å². The highest BCUT2D eigenvalue weighted by Crippen LogP contribution is 2.24. The van der Waals surface area contributed by atoms with Crippen molar-refractivity contribution in [3.8, 4) is 0 Å². The number of nitrogens with zero attached hydrogens (tertiary/aromatic N) is 3. The van der Waals surface area contributed by atoms with E-state index >= 15 is 0 Å². The lowest BCUT2D eigenvalue weighted by molar-refractivity contribution is 0.307. The third kappa shape index (κ3) is 7.67. The quantitative estimate of drug-likeness (QED) is 0.340. The maximum Gasteiger partial charge on any atom is 0.164 e. The van der Waals surface area contributed by atoms with Gasteiger partial charge in [0, 0.05) is 26.2 Å². The molecule has 0 aromatic heterocycles. The lowest BCUT2D eigenvalue weighted by Crippen LogP contribution is -2.27. The van der Waals surface area contributed by atoms with E-state index in [2.05, 4.69) is 34.1 Å². The Morgan fingerprint density at radius 1 is 1.48 bits per heavy atom. The molecular weight excluding hydrogens is 341 g/mol. The summed E-state index contributed by atoms with van der Waals surface area (Å²) >= 11 is 5.83. The van der Waals surface area contributed by atoms with E-state index in [-0.39, 0.29) is 17.2 Å². The molecule has 0 aliphatic rings. The van der Waals surface area contributed by atoms with Gasteiger partial charge in [0.15, 0.2) is 5.82 Å². The summed E-state index contributed by atoms with van der Waals surface area (Å²) in [6.07, 6.45) is 2.38. The van der Waals surface area contributed by atoms with Gasteiger partial charge in [0.25, 0.3) is 0 Å². The van der Waals surface area contributed by atoms with Crippen LogP contribution in [0.2, 0.25) is 5.02 Å². The molecule has 0 saturated heterocycles. The SMILES string of the molecule is C=CCNC(C)N=NN(C)CCC(Nc1cccc(Cl)c1F)C(=C)C. The number of rotatable bonds is 11. The summed E-state index contributed by atoms with van der Waals surface area (Å²) in [4.78, 5) is 0. The van der Waals surface area contributed by atoms with Gasteiger partial charge in [-0.3, -0.25) is 10.3 Å². The van der Waals surface area contributed by atoms with Crippen molar-refractivity contribution < 1.29 is 4.39 Å². The second-order valence-corrected chi connectivity index (χ2v) is 6.30. The van der Waals surface area contributed by atoms with Crippen molar-refractivity contribution in [3.05, 3.63) is 53.8 Å². The molecule has 0 fully saturated rings. The molecule has 0 aliphatic heterocycles. The Labute approximate surface area is 154 Å². The first-order chi connectivity index (χ1) is 11.8. The van der Waals surface area contributed by atoms with Crippen molar-refractivity contribution in [2.24, 2.45) is 10.3 Å². The smallest absolute Gasteiger partial charge is 0.164 e. The summed E-state index contributed by atoms with van der Waals surface area (Å²) < 4.78 is 14.1. The Morgan fingerprint density at radius 3 is 2.84 bits per heavy atom. The van der Waals surface area contributed by atoms with E-state index in [1.54, 1.807) is 23.2 Å². The van der Waals surface area contributed by atoms with Crippen LogP contribution in [0.1, 0.15) is 20.3 Å². The summed E-state index contributed by atoms with van der Waals surface area (Å²) in [7, 11) is 1.85. The number of benzene rings is 1. The first kappa shape index (κ1) is 21.1. The molecule has 138 valence electrons. The molecule has 0 amide bonds. The van der Waals surface area contributed by atoms with Crippen LogP contribution in [0.25, 0.3) is 0 Å². The predicted molar refractivity (Wildman–Crippen MR) is 103 cm³/mol. The monoisotopic (exact) mass is 367 g/mol. The molecule has 0 aliphatic carbocycles. The van der Waals surface area contributed by atoms with E-state index in [0.29, 0.717) is 25.2 Å². The van der Waals surface area contributed by atoms with Crippen LogP contribution in [-0.4, -0.2) is 37.4 Å². The van der Waals surface area contributed by atoms with Crippen LogP contribution in [-0.2, 0) is 0 Å². The zero-order valence-electron chi connectivity index (χ0n) is 15.1. The van der Waals surface area contributed by atoms with E-state index < -0.39 is 5.82 Å². The van der Waals surface area contributed by atoms with Gasteiger partial charge in [-0.05, 0) is 32.4 Å². The van der Waals surface area contributed by atoms with Crippen LogP contribution in [0.15, 0.2) is 53.3 Å². The molecule has 0 radical (unpaired) electrons. The Bertz CT molecular complexity index is 605. The summed E-state index contributed by atoms with van der Waals surface area (Å²) in [6.45, 7) is 12.8. The first-order valence-electron chi connectivity index (χ1n) is 8.17. The normalized spacial score (nSPS) is 13.5. The molecule has 1 rings (SSSR count). The van der Waals surface area contributed by atoms with Gasteiger partial charge in [-0.25, -0.2) is 4.39 Å². The standard InChI is InChI=1S/C18H27ClFN5/c1-6-11-21-14(4)23-24-25(5)12-10-16(13(2)3)22-17-9-7-8-15(19)18(17)20/h6-9,14,16,21-22H,1-2,10-12H2,3-5H3. The first-order valence-corrected chi connectivity index (χ1v) is 8.55. The average Bonchev–Trinajstić information content (AvgIpc) is 2.58. The zero-order chi connectivity index (χ0) is 18.8. The second kappa shape index (κ2) is 10.8. The molecule has 1 aromatic rings. The van der Waals surface area contributed by atoms with E-state index in [1.807, 2.05) is 20.9 Å². The number of halogens is 2. The Balaban J connectivity index is 2.58. The van der Waals surface area contributed by atoms with Crippen molar-refractivity contribution in [1.82, 2.24) is 10.3 Å². The van der Waals surface area contributed by atoms with Gasteiger partial charge >= 0.3 is 0 Å². The third-order valence-corrected chi connectivity index (χ3v) is 3.84. The lowest BCUT2D eigenvalue weighted by Gasteiger charge is -2.22. The van der Waals surface area contributed by atoms with Crippen LogP contribution in [0, 0.1) is 5.82 Å². The fraction of sp³-hybridized carbons (Fsp3) is 0.444. The van der Waals surface area contributed by atoms with Crippen LogP contribution in [0.3, 0.4) is 0 Å². The number of nitrogens with one attached hydrogen (secondary N) is 2. The molecule has 25 heavy (non-hydrogen) atoms. The van der Waals surface area contributed by atoms with E-state index in [1.165, 1.54) is 6.07 Å². The number of hydrogen-bond acceptors (Lipinski definition) is 4. The molecule has 0 bridgehead atoms. The molecule has 0 spiro atoms. The molecule has 0 saturated carbocycles. The average molecular weight is 368 g/mol. The van der Waals surface area contributed by atoms with Gasteiger partial charge in [0.1, 0.15) is 6.17 Å². The van der Waals surface area contributed by atoms with Crippen LogP contribution in [0.5, 0.6) is 0 Å². The van der Waals surface area contributed by atoms with Gasteiger partial charge in [-0.1, -0.05) is 41.1 Å². The summed E-state index contributed by atoms with van der Waals surface area (Å²) in [5.41, 5.74) is 1.28. The largest absolute Gasteiger partial charge is 0.376 e. The molecule has 2 atom stereocenters. The maximum absolute atomic E-state index is 14.1. The Morgan fingerprint density at radius 2 is 2.20 bits per heavy atom. The van der Waals surface area contributed by atoms with Crippen LogP contribution >= 0.6 is 11.6 Å². The van der Waals surface area contributed by atoms with Crippen molar-refractivity contribution in [3.63, 3.8) is 0 Å². The molecule has 7 heteroatoms. The number of hydrogen-bond donors (Lipinski definition) is 2. The maximum atomic E-state index is 14.1. The molecule has 2 unspecified atom stereocenters. The highest BCUT2D eigenvalue weighted by Gasteiger charge is 2.14. The van der Waals surface area contributed by atoms with Gasteiger partial charge < -0.3 is 5.32 Å². The molecular formula is C18H27ClFN5. The van der Waals surface area contributed by atoms with Crippen molar-refractivity contribution in [2.75, 3.05) is 25.5 Å². The van der Waals surface area contributed by atoms with Crippen molar-refractivity contribution in [2.45, 2.75) is 32.5 Å². The summed E-state index contributed by atoms with van der Waals surface area (Å²) in [6, 6.07) is 4.80. The van der Waals surface area contributed by atoms with E-state index in [9.17, 15) is 4.39 Å². The fourth-order valence-electron chi connectivity index (χ4n) is 2.07. The minimum atomic E-state index is -0.453. The minimum Gasteiger partial charge on any atom is -0.376 e. The van der Waals surface area contributed by atoms with E-state index in [4.69, 9.17) is 11.6 Å². The molecule has 1 aromatic carbocycles. The topological polar surface area (TPSA) is 52.0 Å². The molecule has 0 heterocycles. The van der Waals surface area contributed by atoms with Crippen LogP contribution in [0.4, 0.5) is 10.1 Å². The summed E-state index contributed by atoms with van der Waals surface area (Å²) in [5, 5.41) is 16.4. The lowest BCUT2D eigenvalue weighted by atomic mass is 10.1. The van der Waals surface area contributed by atoms with Gasteiger partial charge in [0.05, 0.1) is 10.7 Å². The Kier molecular flexibility index (Phi) is 9.16. The predicted octanol–water partition coefficient (Wildman–Crippen LogP) is 4.65. The highest BCUT2D eigenvalue weighted by molar-refractivity contribution is 6.31. The fourth-order valence-corrected chi connectivity index (χ4v) is 2.24. The zero-order valence-corrected chi connectivity index (χ0v) is 15.9. The van der Waals surface area contributed by atoms with Crippen LogP contribution < -0.4 is 10.6 Å². The Hall–Kier alpha value is -1.92. The van der Waals surface area contributed by atoms with Gasteiger partial charge in [-0.15, -0.1) is 6.58 Å². The number of anilines is 1. The second-order valence-electron chi connectivity index (χ2n) is 5.89. The summed E-state index contributed by atoms with van der Waals surface area (Å²) in [5.74, 6) is -0.453.